The Morgan fingerprint density at radius 3 is 2.24 bits per heavy atom. The molecule has 2 aromatic heterocycles. The number of hydrogen-bond donors (Lipinski definition) is 0. The summed E-state index contributed by atoms with van der Waals surface area (Å²) in [5, 5.41) is 5.61. The third-order valence-corrected chi connectivity index (χ3v) is 12.0. The van der Waals surface area contributed by atoms with Crippen LogP contribution in [0, 0.1) is 5.92 Å². The van der Waals surface area contributed by atoms with Crippen LogP contribution >= 0.6 is 22.7 Å². The maximum atomic E-state index is 2.66. The summed E-state index contributed by atoms with van der Waals surface area (Å²) in [6.07, 6.45) is 16.0. The van der Waals surface area contributed by atoms with Crippen LogP contribution in [0.2, 0.25) is 0 Å². The molecule has 0 spiro atoms. The predicted octanol–water partition coefficient (Wildman–Crippen LogP) is 10.8. The Balaban J connectivity index is 1.32. The molecule has 0 nitrogen and oxygen atoms in total. The number of thiophene rings is 2. The molecule has 7 aromatic rings. The number of hydrogen-bond acceptors (Lipinski definition) is 2. The van der Waals surface area contributed by atoms with Crippen molar-refractivity contribution >= 4 is 65.1 Å². The number of rotatable bonds is 6. The zero-order chi connectivity index (χ0) is 30.0. The molecule has 0 N–H and O–H groups in total. The highest BCUT2D eigenvalue weighted by molar-refractivity contribution is 7.25. The summed E-state index contributed by atoms with van der Waals surface area (Å²) >= 11 is 3.88. The lowest BCUT2D eigenvalue weighted by Crippen LogP contribution is -2.27. The largest absolute Gasteiger partial charge is 0.135 e. The van der Waals surface area contributed by atoms with Gasteiger partial charge in [-0.3, -0.25) is 0 Å². The molecule has 0 aliphatic heterocycles. The van der Waals surface area contributed by atoms with Crippen LogP contribution in [0.5, 0.6) is 0 Å². The zero-order valence-electron chi connectivity index (χ0n) is 25.2. The Kier molecular flexibility index (Phi) is 6.30. The first-order chi connectivity index (χ1) is 22.2. The van der Waals surface area contributed by atoms with Gasteiger partial charge in [-0.15, -0.1) is 22.7 Å². The third-order valence-electron chi connectivity index (χ3n) is 9.76. The first-order valence-corrected chi connectivity index (χ1v) is 17.5. The standard InChI is InChI=1S/C43H32S2/c1-2-3-4-7-18-30-23-39-42(41(29-16-10-6-11-17-29)40(30)28-14-8-5-9-15-28)35-27-43(26-32(43)25-38(35)45-39)31-21-22-37-34(24-31)33-19-12-13-20-36(33)44-37/h2-17,19-25,27,32H,18,26H2,1H3/b3-2-,7-4-. The van der Waals surface area contributed by atoms with Crippen LogP contribution in [0.4, 0.5) is 0 Å². The Morgan fingerprint density at radius 2 is 1.44 bits per heavy atom. The lowest BCUT2D eigenvalue weighted by atomic mass is 9.84. The highest BCUT2D eigenvalue weighted by Crippen LogP contribution is 2.58. The molecule has 1 saturated carbocycles. The first-order valence-electron chi connectivity index (χ1n) is 15.9. The molecule has 216 valence electrons. The van der Waals surface area contributed by atoms with Gasteiger partial charge in [0.1, 0.15) is 0 Å². The summed E-state index contributed by atoms with van der Waals surface area (Å²) in [4.78, 5) is 0. The third kappa shape index (κ3) is 4.31. The number of allylic oxidation sites excluding steroid dienone is 4. The van der Waals surface area contributed by atoms with Crippen LogP contribution in [-0.2, 0) is 11.8 Å². The molecule has 0 radical (unpaired) electrons. The average Bonchev–Trinajstić information content (AvgIpc) is 3.53. The molecule has 0 bridgehead atoms. The monoisotopic (exact) mass is 612 g/mol. The molecule has 2 atom stereocenters. The summed E-state index contributed by atoms with van der Waals surface area (Å²) in [6, 6.07) is 40.7. The Morgan fingerprint density at radius 1 is 0.711 bits per heavy atom. The molecule has 2 heteroatoms. The molecule has 2 unspecified atom stereocenters. The van der Waals surface area contributed by atoms with E-state index in [-0.39, 0.29) is 5.41 Å². The van der Waals surface area contributed by atoms with Crippen molar-refractivity contribution in [2.45, 2.75) is 25.2 Å². The Bertz CT molecular complexity index is 2440. The zero-order valence-corrected chi connectivity index (χ0v) is 26.8. The summed E-state index contributed by atoms with van der Waals surface area (Å²) in [5.41, 5.74) is 8.18. The van der Waals surface area contributed by atoms with Crippen LogP contribution in [0.3, 0.4) is 0 Å². The molecule has 2 aliphatic carbocycles. The van der Waals surface area contributed by atoms with Gasteiger partial charge in [-0.25, -0.2) is 0 Å². The fourth-order valence-electron chi connectivity index (χ4n) is 7.55. The summed E-state index contributed by atoms with van der Waals surface area (Å²) in [5.74, 6) is 0.553. The van der Waals surface area contributed by atoms with E-state index in [0.717, 1.165) is 6.42 Å². The summed E-state index contributed by atoms with van der Waals surface area (Å²) < 4.78 is 5.57. The molecule has 2 aliphatic rings. The van der Waals surface area contributed by atoms with Gasteiger partial charge in [-0.2, -0.15) is 0 Å². The van der Waals surface area contributed by atoms with Crippen LogP contribution in [0.25, 0.3) is 64.7 Å². The maximum Gasteiger partial charge on any atom is 0.0364 e. The van der Waals surface area contributed by atoms with Crippen molar-refractivity contribution in [3.05, 3.63) is 154 Å². The van der Waals surface area contributed by atoms with Crippen molar-refractivity contribution in [1.29, 1.82) is 0 Å². The Hall–Kier alpha value is -4.50. The second kappa shape index (κ2) is 10.5. The number of fused-ring (bicyclic) bond motifs is 7. The molecule has 2 heterocycles. The molecule has 9 rings (SSSR count). The van der Waals surface area contributed by atoms with Crippen molar-refractivity contribution < 1.29 is 0 Å². The van der Waals surface area contributed by atoms with E-state index in [1.54, 1.807) is 0 Å². The molecule has 0 saturated heterocycles. The van der Waals surface area contributed by atoms with Gasteiger partial charge >= 0.3 is 0 Å². The quantitative estimate of drug-likeness (QED) is 0.164. The van der Waals surface area contributed by atoms with E-state index in [2.05, 4.69) is 153 Å². The fourth-order valence-corrected chi connectivity index (χ4v) is 9.89. The highest BCUT2D eigenvalue weighted by atomic mass is 32.1. The van der Waals surface area contributed by atoms with Gasteiger partial charge < -0.3 is 0 Å². The lowest BCUT2D eigenvalue weighted by Gasteiger charge is -2.18. The van der Waals surface area contributed by atoms with Gasteiger partial charge in [-0.05, 0) is 88.5 Å². The molecule has 5 aromatic carbocycles. The van der Waals surface area contributed by atoms with Crippen molar-refractivity contribution in [3.8, 4) is 22.3 Å². The predicted molar refractivity (Wildman–Crippen MR) is 198 cm³/mol. The Labute approximate surface area is 271 Å². The van der Waals surface area contributed by atoms with E-state index in [1.807, 2.05) is 22.7 Å². The van der Waals surface area contributed by atoms with Crippen molar-refractivity contribution in [2.24, 2.45) is 5.92 Å². The fraction of sp³-hybridized carbons (Fsp3) is 0.116. The van der Waals surface area contributed by atoms with E-state index in [1.165, 1.54) is 79.8 Å². The normalized spacial score (nSPS) is 18.8. The van der Waals surface area contributed by atoms with E-state index >= 15 is 0 Å². The van der Waals surface area contributed by atoms with Gasteiger partial charge in [0, 0.05) is 40.2 Å². The van der Waals surface area contributed by atoms with Crippen molar-refractivity contribution in [3.63, 3.8) is 0 Å². The van der Waals surface area contributed by atoms with E-state index < -0.39 is 0 Å². The molecular weight excluding hydrogens is 581 g/mol. The minimum absolute atomic E-state index is 0.0625. The highest BCUT2D eigenvalue weighted by Gasteiger charge is 2.53. The van der Waals surface area contributed by atoms with Gasteiger partial charge in [-0.1, -0.05) is 121 Å². The van der Waals surface area contributed by atoms with Crippen LogP contribution < -0.4 is 9.75 Å². The summed E-state index contributed by atoms with van der Waals surface area (Å²) in [7, 11) is 0. The van der Waals surface area contributed by atoms with Crippen molar-refractivity contribution in [1.82, 2.24) is 0 Å². The first kappa shape index (κ1) is 26.9. The second-order valence-corrected chi connectivity index (χ2v) is 14.6. The molecular formula is C43H32S2. The van der Waals surface area contributed by atoms with E-state index in [9.17, 15) is 0 Å². The second-order valence-electron chi connectivity index (χ2n) is 12.4. The van der Waals surface area contributed by atoms with Gasteiger partial charge in [0.15, 0.2) is 0 Å². The maximum absolute atomic E-state index is 2.66. The van der Waals surface area contributed by atoms with Gasteiger partial charge in [0.2, 0.25) is 0 Å². The van der Waals surface area contributed by atoms with Crippen LogP contribution in [-0.4, -0.2) is 0 Å². The minimum Gasteiger partial charge on any atom is -0.135 e. The van der Waals surface area contributed by atoms with Gasteiger partial charge in [0.25, 0.3) is 0 Å². The summed E-state index contributed by atoms with van der Waals surface area (Å²) in [6.45, 7) is 2.07. The SMILES string of the molecule is C/C=C\C=C/Cc1cc2sc3c(c2c(-c2ccccc2)c1-c1ccccc1)=CC1(c2ccc4sc5ccccc5c4c2)CC1C=3. The van der Waals surface area contributed by atoms with Crippen LogP contribution in [0.15, 0.2) is 133 Å². The van der Waals surface area contributed by atoms with Gasteiger partial charge in [0.05, 0.1) is 0 Å². The molecule has 0 amide bonds. The lowest BCUT2D eigenvalue weighted by molar-refractivity contribution is 0.888. The molecule has 1 fully saturated rings. The minimum atomic E-state index is 0.0625. The molecule has 45 heavy (non-hydrogen) atoms. The average molecular weight is 613 g/mol. The van der Waals surface area contributed by atoms with E-state index in [0.29, 0.717) is 5.92 Å². The van der Waals surface area contributed by atoms with Crippen molar-refractivity contribution in [2.75, 3.05) is 0 Å². The smallest absolute Gasteiger partial charge is 0.0364 e. The van der Waals surface area contributed by atoms with Crippen LogP contribution in [0.1, 0.15) is 24.5 Å². The topological polar surface area (TPSA) is 0 Å². The number of benzene rings is 5. The van der Waals surface area contributed by atoms with E-state index in [4.69, 9.17) is 0 Å².